The maximum absolute atomic E-state index is 13.7. The molecule has 1 atom stereocenters. The fraction of sp³-hybridized carbons (Fsp3) is 0.462. The number of piperidine rings is 1. The van der Waals surface area contributed by atoms with Gasteiger partial charge in [-0.05, 0) is 47.4 Å². The third-order valence-electron chi connectivity index (χ3n) is 3.24. The fourth-order valence-corrected chi connectivity index (χ4v) is 2.55. The van der Waals surface area contributed by atoms with Crippen LogP contribution in [0, 0.1) is 17.6 Å². The zero-order valence-electron chi connectivity index (χ0n) is 9.81. The van der Waals surface area contributed by atoms with Crippen molar-refractivity contribution >= 4 is 21.7 Å². The molecule has 0 aromatic heterocycles. The van der Waals surface area contributed by atoms with Gasteiger partial charge in [-0.3, -0.25) is 4.79 Å². The molecule has 1 aliphatic rings. The highest BCUT2D eigenvalue weighted by Crippen LogP contribution is 2.23. The van der Waals surface area contributed by atoms with Crippen molar-refractivity contribution in [2.45, 2.75) is 19.3 Å². The Morgan fingerprint density at radius 1 is 1.44 bits per heavy atom. The third-order valence-corrected chi connectivity index (χ3v) is 3.85. The van der Waals surface area contributed by atoms with E-state index < -0.39 is 11.6 Å². The molecule has 2 rings (SSSR count). The van der Waals surface area contributed by atoms with Crippen LogP contribution in [0.4, 0.5) is 8.78 Å². The minimum atomic E-state index is -0.674. The monoisotopic (exact) mass is 317 g/mol. The van der Waals surface area contributed by atoms with Gasteiger partial charge in [0.25, 0.3) is 0 Å². The number of benzene rings is 1. The molecule has 5 heteroatoms. The number of carbonyl (C=O) groups excluding carboxylic acids is 1. The molecule has 1 unspecified atom stereocenters. The van der Waals surface area contributed by atoms with E-state index in [2.05, 4.69) is 21.2 Å². The first-order valence-corrected chi connectivity index (χ1v) is 6.74. The van der Waals surface area contributed by atoms with Gasteiger partial charge in [0.1, 0.15) is 17.4 Å². The van der Waals surface area contributed by atoms with Gasteiger partial charge >= 0.3 is 0 Å². The van der Waals surface area contributed by atoms with Gasteiger partial charge in [0.2, 0.25) is 0 Å². The molecule has 1 N–H and O–H groups in total. The number of Topliss-reactive ketones (excluding diaryl/α,β-unsaturated/α-hetero) is 1. The van der Waals surface area contributed by atoms with E-state index in [1.807, 2.05) is 0 Å². The first-order chi connectivity index (χ1) is 8.59. The Morgan fingerprint density at radius 3 is 2.89 bits per heavy atom. The molecule has 2 nitrogen and oxygen atoms in total. The van der Waals surface area contributed by atoms with Crippen LogP contribution in [0.3, 0.4) is 0 Å². The number of ketones is 1. The van der Waals surface area contributed by atoms with Crippen LogP contribution in [0.25, 0.3) is 0 Å². The highest BCUT2D eigenvalue weighted by molar-refractivity contribution is 9.10. The van der Waals surface area contributed by atoms with Crippen LogP contribution < -0.4 is 5.32 Å². The first-order valence-electron chi connectivity index (χ1n) is 5.95. The van der Waals surface area contributed by atoms with Crippen LogP contribution >= 0.6 is 15.9 Å². The number of carbonyl (C=O) groups is 1. The summed E-state index contributed by atoms with van der Waals surface area (Å²) in [6.45, 7) is 1.51. The minimum absolute atomic E-state index is 0.0990. The van der Waals surface area contributed by atoms with Crippen LogP contribution in [0.1, 0.15) is 18.4 Å². The predicted molar refractivity (Wildman–Crippen MR) is 68.4 cm³/mol. The quantitative estimate of drug-likeness (QED) is 0.869. The summed E-state index contributed by atoms with van der Waals surface area (Å²) >= 11 is 3.00. The van der Waals surface area contributed by atoms with Gasteiger partial charge in [-0.2, -0.15) is 0 Å². The van der Waals surface area contributed by atoms with Crippen molar-refractivity contribution in [3.05, 3.63) is 33.8 Å². The summed E-state index contributed by atoms with van der Waals surface area (Å²) < 4.78 is 27.5. The van der Waals surface area contributed by atoms with Crippen molar-refractivity contribution in [1.82, 2.24) is 5.32 Å². The average molecular weight is 318 g/mol. The van der Waals surface area contributed by atoms with E-state index in [0.717, 1.165) is 19.4 Å². The molecule has 0 spiro atoms. The Kier molecular flexibility index (Phi) is 4.45. The standard InChI is InChI=1S/C13H14BrF2NO/c14-10-3-4-11(15)9(13(10)16)6-12(18)8-2-1-5-17-7-8/h3-4,8,17H,1-2,5-7H2. The molecular formula is C13H14BrF2NO. The minimum Gasteiger partial charge on any atom is -0.316 e. The number of halogens is 3. The lowest BCUT2D eigenvalue weighted by molar-refractivity contribution is -0.122. The summed E-state index contributed by atoms with van der Waals surface area (Å²) in [7, 11) is 0. The van der Waals surface area contributed by atoms with Crippen molar-refractivity contribution in [1.29, 1.82) is 0 Å². The molecule has 0 saturated carbocycles. The summed E-state index contributed by atoms with van der Waals surface area (Å²) in [5, 5.41) is 3.12. The average Bonchev–Trinajstić information content (AvgIpc) is 2.40. The number of hydrogen-bond donors (Lipinski definition) is 1. The molecule has 98 valence electrons. The molecule has 0 bridgehead atoms. The molecule has 0 amide bonds. The smallest absolute Gasteiger partial charge is 0.143 e. The lowest BCUT2D eigenvalue weighted by Gasteiger charge is -2.21. The second kappa shape index (κ2) is 5.89. The van der Waals surface area contributed by atoms with Crippen molar-refractivity contribution in [2.24, 2.45) is 5.92 Å². The van der Waals surface area contributed by atoms with Gasteiger partial charge in [0, 0.05) is 24.4 Å². The van der Waals surface area contributed by atoms with E-state index in [1.54, 1.807) is 0 Å². The molecule has 0 radical (unpaired) electrons. The van der Waals surface area contributed by atoms with Crippen molar-refractivity contribution < 1.29 is 13.6 Å². The number of nitrogens with one attached hydrogen (secondary N) is 1. The maximum Gasteiger partial charge on any atom is 0.143 e. The molecule has 1 saturated heterocycles. The second-order valence-electron chi connectivity index (χ2n) is 4.51. The Hall–Kier alpha value is -0.810. The third kappa shape index (κ3) is 2.95. The van der Waals surface area contributed by atoms with Crippen LogP contribution in [-0.2, 0) is 11.2 Å². The zero-order chi connectivity index (χ0) is 13.1. The Morgan fingerprint density at radius 2 is 2.22 bits per heavy atom. The van der Waals surface area contributed by atoms with Gasteiger partial charge in [0.15, 0.2) is 0 Å². The summed E-state index contributed by atoms with van der Waals surface area (Å²) in [6, 6.07) is 2.48. The highest BCUT2D eigenvalue weighted by atomic mass is 79.9. The van der Waals surface area contributed by atoms with E-state index in [0.29, 0.717) is 6.54 Å². The van der Waals surface area contributed by atoms with Crippen LogP contribution in [0.2, 0.25) is 0 Å². The summed E-state index contributed by atoms with van der Waals surface area (Å²) in [5.74, 6) is -1.56. The zero-order valence-corrected chi connectivity index (χ0v) is 11.4. The van der Waals surface area contributed by atoms with Crippen molar-refractivity contribution in [3.8, 4) is 0 Å². The van der Waals surface area contributed by atoms with Crippen LogP contribution in [0.5, 0.6) is 0 Å². The molecule has 1 aromatic rings. The molecule has 0 aliphatic carbocycles. The van der Waals surface area contributed by atoms with Gasteiger partial charge in [-0.15, -0.1) is 0 Å². The van der Waals surface area contributed by atoms with Gasteiger partial charge < -0.3 is 5.32 Å². The largest absolute Gasteiger partial charge is 0.316 e. The van der Waals surface area contributed by atoms with Gasteiger partial charge in [-0.25, -0.2) is 8.78 Å². The van der Waals surface area contributed by atoms with Gasteiger partial charge in [0.05, 0.1) is 4.47 Å². The van der Waals surface area contributed by atoms with Crippen molar-refractivity contribution in [2.75, 3.05) is 13.1 Å². The Balaban J connectivity index is 2.13. The topological polar surface area (TPSA) is 29.1 Å². The lowest BCUT2D eigenvalue weighted by atomic mass is 9.91. The summed E-state index contributed by atoms with van der Waals surface area (Å²) in [6.07, 6.45) is 1.55. The number of hydrogen-bond acceptors (Lipinski definition) is 2. The normalized spacial score (nSPS) is 19.8. The van der Waals surface area contributed by atoms with Crippen LogP contribution in [-0.4, -0.2) is 18.9 Å². The summed E-state index contributed by atoms with van der Waals surface area (Å²) in [4.78, 5) is 12.0. The Bertz CT molecular complexity index is 459. The summed E-state index contributed by atoms with van der Waals surface area (Å²) in [5.41, 5.74) is -0.139. The fourth-order valence-electron chi connectivity index (χ4n) is 2.18. The van der Waals surface area contributed by atoms with E-state index in [9.17, 15) is 13.6 Å². The van der Waals surface area contributed by atoms with E-state index in [1.165, 1.54) is 12.1 Å². The van der Waals surface area contributed by atoms with E-state index in [-0.39, 0.29) is 28.2 Å². The Labute approximate surface area is 113 Å². The van der Waals surface area contributed by atoms with Crippen molar-refractivity contribution in [3.63, 3.8) is 0 Å². The molecule has 1 heterocycles. The second-order valence-corrected chi connectivity index (χ2v) is 5.36. The van der Waals surface area contributed by atoms with E-state index in [4.69, 9.17) is 0 Å². The molecule has 1 aliphatic heterocycles. The van der Waals surface area contributed by atoms with Gasteiger partial charge in [-0.1, -0.05) is 0 Å². The highest BCUT2D eigenvalue weighted by Gasteiger charge is 2.23. The van der Waals surface area contributed by atoms with Crippen LogP contribution in [0.15, 0.2) is 16.6 Å². The predicted octanol–water partition coefficient (Wildman–Crippen LogP) is 2.84. The SMILES string of the molecule is O=C(Cc1c(F)ccc(Br)c1F)C1CCCNC1. The molecule has 1 aromatic carbocycles. The first kappa shape index (κ1) is 13.6. The lowest BCUT2D eigenvalue weighted by Crippen LogP contribution is -2.35. The molecule has 18 heavy (non-hydrogen) atoms. The molecule has 1 fully saturated rings. The number of rotatable bonds is 3. The molecular weight excluding hydrogens is 304 g/mol. The maximum atomic E-state index is 13.7. The van der Waals surface area contributed by atoms with E-state index >= 15 is 0 Å².